The molecule has 9 heteroatoms. The second kappa shape index (κ2) is 8.80. The zero-order chi connectivity index (χ0) is 17.4. The standard InChI is InChI=1S/C15H20F2N6O/c1-3-23-10-21-22-13(23)9-20-15(18-2)19-8-11-6-4-5-7-12(11)24-14(16)17/h4-7,10,14H,3,8-9H2,1-2H3,(H2,18,19,20). The number of ether oxygens (including phenoxy) is 1. The summed E-state index contributed by atoms with van der Waals surface area (Å²) >= 11 is 0. The molecule has 0 atom stereocenters. The lowest BCUT2D eigenvalue weighted by Crippen LogP contribution is -2.37. The molecule has 0 fully saturated rings. The molecule has 0 aliphatic heterocycles. The number of halogens is 2. The van der Waals surface area contributed by atoms with Gasteiger partial charge in [-0.05, 0) is 13.0 Å². The Bertz CT molecular complexity index is 673. The van der Waals surface area contributed by atoms with Gasteiger partial charge in [-0.2, -0.15) is 8.78 Å². The van der Waals surface area contributed by atoms with Gasteiger partial charge in [-0.1, -0.05) is 18.2 Å². The third-order valence-electron chi connectivity index (χ3n) is 3.31. The van der Waals surface area contributed by atoms with Gasteiger partial charge in [-0.25, -0.2) is 0 Å². The second-order valence-corrected chi connectivity index (χ2v) is 4.80. The Morgan fingerprint density at radius 1 is 1.29 bits per heavy atom. The van der Waals surface area contributed by atoms with Crippen LogP contribution in [0.15, 0.2) is 35.6 Å². The molecule has 0 radical (unpaired) electrons. The van der Waals surface area contributed by atoms with E-state index in [1.165, 1.54) is 6.07 Å². The predicted molar refractivity (Wildman–Crippen MR) is 85.8 cm³/mol. The molecule has 0 bridgehead atoms. The van der Waals surface area contributed by atoms with Crippen LogP contribution in [0.3, 0.4) is 0 Å². The minimum Gasteiger partial charge on any atom is -0.434 e. The second-order valence-electron chi connectivity index (χ2n) is 4.80. The van der Waals surface area contributed by atoms with E-state index in [2.05, 4.69) is 30.6 Å². The molecular formula is C15H20F2N6O. The third kappa shape index (κ3) is 4.90. The monoisotopic (exact) mass is 338 g/mol. The van der Waals surface area contributed by atoms with Crippen molar-refractivity contribution in [3.05, 3.63) is 42.0 Å². The molecule has 0 spiro atoms. The first kappa shape index (κ1) is 17.6. The van der Waals surface area contributed by atoms with Gasteiger partial charge in [0.25, 0.3) is 0 Å². The molecule has 0 aliphatic rings. The van der Waals surface area contributed by atoms with Crippen molar-refractivity contribution in [3.8, 4) is 5.75 Å². The lowest BCUT2D eigenvalue weighted by molar-refractivity contribution is -0.0504. The van der Waals surface area contributed by atoms with Crippen molar-refractivity contribution in [1.29, 1.82) is 0 Å². The average molecular weight is 338 g/mol. The third-order valence-corrected chi connectivity index (χ3v) is 3.31. The summed E-state index contributed by atoms with van der Waals surface area (Å²) in [5.41, 5.74) is 0.609. The number of hydrogen-bond acceptors (Lipinski definition) is 4. The van der Waals surface area contributed by atoms with Crippen LogP contribution in [-0.2, 0) is 19.6 Å². The Balaban J connectivity index is 1.92. The molecule has 2 rings (SSSR count). The van der Waals surface area contributed by atoms with Gasteiger partial charge in [0.15, 0.2) is 11.8 Å². The van der Waals surface area contributed by atoms with Crippen molar-refractivity contribution in [3.63, 3.8) is 0 Å². The van der Waals surface area contributed by atoms with Crippen molar-refractivity contribution in [1.82, 2.24) is 25.4 Å². The molecule has 0 saturated heterocycles. The van der Waals surface area contributed by atoms with Gasteiger partial charge in [0, 0.05) is 25.7 Å². The largest absolute Gasteiger partial charge is 0.434 e. The summed E-state index contributed by atoms with van der Waals surface area (Å²) in [6, 6.07) is 6.62. The first-order valence-electron chi connectivity index (χ1n) is 7.48. The van der Waals surface area contributed by atoms with Gasteiger partial charge in [-0.3, -0.25) is 4.99 Å². The number of alkyl halides is 2. The Morgan fingerprint density at radius 2 is 2.04 bits per heavy atom. The maximum Gasteiger partial charge on any atom is 0.387 e. The molecule has 0 aliphatic carbocycles. The highest BCUT2D eigenvalue weighted by atomic mass is 19.3. The van der Waals surface area contributed by atoms with Crippen LogP contribution in [0, 0.1) is 0 Å². The maximum absolute atomic E-state index is 12.4. The Hall–Kier alpha value is -2.71. The fraction of sp³-hybridized carbons (Fsp3) is 0.400. The molecule has 7 nitrogen and oxygen atoms in total. The number of nitrogens with zero attached hydrogens (tertiary/aromatic N) is 4. The topological polar surface area (TPSA) is 76.4 Å². The number of para-hydroxylation sites is 1. The fourth-order valence-corrected chi connectivity index (χ4v) is 2.10. The van der Waals surface area contributed by atoms with E-state index in [-0.39, 0.29) is 5.75 Å². The highest BCUT2D eigenvalue weighted by Gasteiger charge is 2.10. The molecule has 0 saturated carbocycles. The van der Waals surface area contributed by atoms with Crippen LogP contribution in [0.4, 0.5) is 8.78 Å². The molecule has 1 heterocycles. The first-order chi connectivity index (χ1) is 11.6. The highest BCUT2D eigenvalue weighted by Crippen LogP contribution is 2.19. The summed E-state index contributed by atoms with van der Waals surface area (Å²) in [5.74, 6) is 1.44. The van der Waals surface area contributed by atoms with E-state index in [4.69, 9.17) is 0 Å². The number of rotatable bonds is 7. The fourth-order valence-electron chi connectivity index (χ4n) is 2.10. The van der Waals surface area contributed by atoms with Gasteiger partial charge in [0.1, 0.15) is 12.1 Å². The van der Waals surface area contributed by atoms with Gasteiger partial charge in [0.05, 0.1) is 6.54 Å². The number of guanidine groups is 1. The maximum atomic E-state index is 12.4. The summed E-state index contributed by atoms with van der Waals surface area (Å²) in [6.07, 6.45) is 1.66. The molecule has 2 aromatic rings. The van der Waals surface area contributed by atoms with Crippen LogP contribution < -0.4 is 15.4 Å². The number of aryl methyl sites for hydroxylation is 1. The Morgan fingerprint density at radius 3 is 2.75 bits per heavy atom. The van der Waals surface area contributed by atoms with Gasteiger partial charge in [-0.15, -0.1) is 10.2 Å². The first-order valence-corrected chi connectivity index (χ1v) is 7.48. The van der Waals surface area contributed by atoms with Crippen LogP contribution in [-0.4, -0.2) is 34.4 Å². The van der Waals surface area contributed by atoms with E-state index in [9.17, 15) is 8.78 Å². The molecule has 24 heavy (non-hydrogen) atoms. The van der Waals surface area contributed by atoms with E-state index < -0.39 is 6.61 Å². The number of aromatic nitrogens is 3. The van der Waals surface area contributed by atoms with Crippen LogP contribution in [0.25, 0.3) is 0 Å². The van der Waals surface area contributed by atoms with Crippen molar-refractivity contribution >= 4 is 5.96 Å². The smallest absolute Gasteiger partial charge is 0.387 e. The summed E-state index contributed by atoms with van der Waals surface area (Å²) in [4.78, 5) is 4.10. The molecule has 1 aromatic carbocycles. The Labute approximate surface area is 138 Å². The van der Waals surface area contributed by atoms with Gasteiger partial charge < -0.3 is 19.9 Å². The predicted octanol–water partition coefficient (Wildman–Crippen LogP) is 1.76. The summed E-state index contributed by atoms with van der Waals surface area (Å²) < 4.78 is 31.3. The summed E-state index contributed by atoms with van der Waals surface area (Å²) in [6.45, 7) is 0.656. The quantitative estimate of drug-likeness (QED) is 0.594. The average Bonchev–Trinajstić information content (AvgIpc) is 3.03. The summed E-state index contributed by atoms with van der Waals surface area (Å²) in [7, 11) is 1.63. The van der Waals surface area contributed by atoms with E-state index in [0.29, 0.717) is 24.6 Å². The number of nitrogens with one attached hydrogen (secondary N) is 2. The molecule has 2 N–H and O–H groups in total. The van der Waals surface area contributed by atoms with Crippen molar-refractivity contribution in [2.24, 2.45) is 4.99 Å². The SMILES string of the molecule is CCn1cnnc1CNC(=NC)NCc1ccccc1OC(F)F. The molecule has 0 unspecified atom stereocenters. The van der Waals surface area contributed by atoms with E-state index >= 15 is 0 Å². The van der Waals surface area contributed by atoms with E-state index in [0.717, 1.165) is 12.4 Å². The Kier molecular flexibility index (Phi) is 6.47. The van der Waals surface area contributed by atoms with E-state index in [1.54, 1.807) is 31.6 Å². The van der Waals surface area contributed by atoms with Crippen LogP contribution in [0.2, 0.25) is 0 Å². The van der Waals surface area contributed by atoms with Crippen LogP contribution in [0.5, 0.6) is 5.75 Å². The van der Waals surface area contributed by atoms with Crippen molar-refractivity contribution in [2.75, 3.05) is 7.05 Å². The number of aliphatic imine (C=N–C) groups is 1. The number of hydrogen-bond donors (Lipinski definition) is 2. The molecular weight excluding hydrogens is 318 g/mol. The van der Waals surface area contributed by atoms with Crippen molar-refractivity contribution < 1.29 is 13.5 Å². The van der Waals surface area contributed by atoms with Crippen LogP contribution in [0.1, 0.15) is 18.3 Å². The lowest BCUT2D eigenvalue weighted by atomic mass is 10.2. The highest BCUT2D eigenvalue weighted by molar-refractivity contribution is 5.79. The molecule has 0 amide bonds. The molecule has 1 aromatic heterocycles. The molecule has 130 valence electrons. The summed E-state index contributed by atoms with van der Waals surface area (Å²) in [5, 5.41) is 14.0. The minimum atomic E-state index is -2.86. The normalized spacial score (nSPS) is 11.6. The zero-order valence-corrected chi connectivity index (χ0v) is 13.5. The zero-order valence-electron chi connectivity index (χ0n) is 13.5. The minimum absolute atomic E-state index is 0.140. The van der Waals surface area contributed by atoms with Gasteiger partial charge >= 0.3 is 6.61 Å². The lowest BCUT2D eigenvalue weighted by Gasteiger charge is -2.14. The number of benzene rings is 1. The van der Waals surface area contributed by atoms with Crippen molar-refractivity contribution in [2.45, 2.75) is 33.2 Å². The van der Waals surface area contributed by atoms with Crippen LogP contribution >= 0.6 is 0 Å². The van der Waals surface area contributed by atoms with E-state index in [1.807, 2.05) is 11.5 Å². The van der Waals surface area contributed by atoms with Gasteiger partial charge in [0.2, 0.25) is 0 Å².